The molecule has 0 unspecified atom stereocenters. The molecule has 4 heteroatoms. The first-order chi connectivity index (χ1) is 5.85. The van der Waals surface area contributed by atoms with Gasteiger partial charge in [-0.15, -0.1) is 19.7 Å². The summed E-state index contributed by atoms with van der Waals surface area (Å²) in [6.07, 6.45) is 5.25. The summed E-state index contributed by atoms with van der Waals surface area (Å²) in [5, 5.41) is 1.70. The van der Waals surface area contributed by atoms with Crippen LogP contribution in [0.15, 0.2) is 38.0 Å². The summed E-state index contributed by atoms with van der Waals surface area (Å²) in [6.45, 7) is 12.7. The molecule has 0 aliphatic heterocycles. The molecule has 0 radical (unpaired) electrons. The Morgan fingerprint density at radius 3 is 2.00 bits per heavy atom. The molecule has 0 spiro atoms. The zero-order valence-corrected chi connectivity index (χ0v) is 7.83. The van der Waals surface area contributed by atoms with E-state index in [4.69, 9.17) is 4.94 Å². The van der Waals surface area contributed by atoms with Crippen molar-refractivity contribution >= 4 is 0 Å². The van der Waals surface area contributed by atoms with Crippen molar-refractivity contribution in [2.24, 2.45) is 0 Å². The highest BCUT2D eigenvalue weighted by Gasteiger charge is 1.98. The fourth-order valence-corrected chi connectivity index (χ4v) is 0.625. The average Bonchev–Trinajstić information content (AvgIpc) is 2.06. The van der Waals surface area contributed by atoms with Crippen molar-refractivity contribution in [1.82, 2.24) is 10.5 Å². The fourth-order valence-electron chi connectivity index (χ4n) is 0.625. The van der Waals surface area contributed by atoms with Crippen LogP contribution in [-0.2, 0) is 4.94 Å². The van der Waals surface area contributed by atoms with Crippen LogP contribution in [0.1, 0.15) is 0 Å². The van der Waals surface area contributed by atoms with Gasteiger partial charge in [0.1, 0.15) is 0 Å². The van der Waals surface area contributed by atoms with Crippen LogP contribution >= 0.6 is 0 Å². The van der Waals surface area contributed by atoms with Crippen LogP contribution in [0.5, 0.6) is 0 Å². The minimum absolute atomic E-state index is 0. The molecule has 0 atom stereocenters. The Balaban J connectivity index is 0. The summed E-state index contributed by atoms with van der Waals surface area (Å²) < 4.78 is 0. The van der Waals surface area contributed by atoms with Gasteiger partial charge in [0, 0.05) is 19.6 Å². The number of hydroxylamine groups is 3. The first-order valence-corrected chi connectivity index (χ1v) is 3.82. The van der Waals surface area contributed by atoms with Crippen LogP contribution in [0.2, 0.25) is 0 Å². The predicted octanol–water partition coefficient (Wildman–Crippen LogP) is 0.458. The van der Waals surface area contributed by atoms with Gasteiger partial charge in [-0.1, -0.05) is 18.2 Å². The van der Waals surface area contributed by atoms with Crippen molar-refractivity contribution in [1.29, 1.82) is 0 Å². The van der Waals surface area contributed by atoms with Gasteiger partial charge in [-0.05, 0) is 0 Å². The van der Waals surface area contributed by atoms with E-state index < -0.39 is 0 Å². The van der Waals surface area contributed by atoms with E-state index in [9.17, 15) is 0 Å². The van der Waals surface area contributed by atoms with E-state index in [0.717, 1.165) is 0 Å². The highest BCUT2D eigenvalue weighted by Crippen LogP contribution is 1.87. The summed E-state index contributed by atoms with van der Waals surface area (Å²) in [7, 11) is 0. The lowest BCUT2D eigenvalue weighted by Gasteiger charge is -2.17. The predicted molar refractivity (Wildman–Crippen MR) is 54.9 cm³/mol. The van der Waals surface area contributed by atoms with Gasteiger partial charge in [-0.2, -0.15) is 10.5 Å². The van der Waals surface area contributed by atoms with Crippen LogP contribution in [0.25, 0.3) is 0 Å². The molecule has 0 aromatic rings. The molecule has 3 N–H and O–H groups in total. The maximum atomic E-state index is 5.13. The van der Waals surface area contributed by atoms with Crippen molar-refractivity contribution in [3.8, 4) is 0 Å². The summed E-state index contributed by atoms with van der Waals surface area (Å²) in [5.74, 6) is 0. The number of nitrogens with zero attached hydrogens (tertiary/aromatic N) is 1. The van der Waals surface area contributed by atoms with Crippen molar-refractivity contribution in [2.45, 2.75) is 0 Å². The van der Waals surface area contributed by atoms with Crippen LogP contribution in [0.4, 0.5) is 0 Å². The molecule has 0 aromatic carbocycles. The molecule has 4 nitrogen and oxygen atoms in total. The van der Waals surface area contributed by atoms with E-state index in [0.29, 0.717) is 19.6 Å². The zero-order valence-electron chi connectivity index (χ0n) is 7.83. The molecule has 0 bridgehead atoms. The topological polar surface area (TPSA) is 56.0 Å². The second kappa shape index (κ2) is 11.1. The second-order valence-electron chi connectivity index (χ2n) is 2.15. The van der Waals surface area contributed by atoms with Crippen LogP contribution < -0.4 is 5.48 Å². The van der Waals surface area contributed by atoms with Crippen molar-refractivity contribution in [3.05, 3.63) is 38.0 Å². The number of nitrogens with one attached hydrogen (secondary N) is 1. The Bertz CT molecular complexity index is 139. The average molecular weight is 186 g/mol. The zero-order chi connectivity index (χ0) is 9.23. The Morgan fingerprint density at radius 2 is 1.62 bits per heavy atom. The van der Waals surface area contributed by atoms with Gasteiger partial charge in [0.05, 0.1) is 0 Å². The van der Waals surface area contributed by atoms with Gasteiger partial charge >= 0.3 is 0 Å². The molecular weight excluding hydrogens is 168 g/mol. The molecular formula is C9H18N2O2. The van der Waals surface area contributed by atoms with E-state index in [2.05, 4.69) is 25.2 Å². The van der Waals surface area contributed by atoms with Crippen molar-refractivity contribution in [2.75, 3.05) is 19.6 Å². The lowest BCUT2D eigenvalue weighted by Crippen LogP contribution is -2.31. The molecule has 0 aliphatic carbocycles. The quantitative estimate of drug-likeness (QED) is 0.340. The summed E-state index contributed by atoms with van der Waals surface area (Å²) in [5.41, 5.74) is 2.72. The number of hydrogen-bond acceptors (Lipinski definition) is 3. The van der Waals surface area contributed by atoms with E-state index in [1.807, 2.05) is 0 Å². The molecule has 0 heterocycles. The SMILES string of the molecule is C=CCNON(CC=C)CC=C.O. The van der Waals surface area contributed by atoms with Crippen LogP contribution in [0.3, 0.4) is 0 Å². The highest BCUT2D eigenvalue weighted by molar-refractivity contribution is 4.75. The summed E-state index contributed by atoms with van der Waals surface area (Å²) in [4.78, 5) is 5.13. The molecule has 0 saturated carbocycles. The van der Waals surface area contributed by atoms with Crippen LogP contribution in [-0.4, -0.2) is 30.2 Å². The normalized spacial score (nSPS) is 9.00. The standard InChI is InChI=1S/C9H16N2O.H2O/c1-4-7-10-12-11(8-5-2)9-6-3;/h4-6,10H,1-3,7-9H2;1H2. The number of hydrogen-bond donors (Lipinski definition) is 1. The third-order valence-corrected chi connectivity index (χ3v) is 1.09. The van der Waals surface area contributed by atoms with E-state index >= 15 is 0 Å². The molecule has 0 aromatic heterocycles. The van der Waals surface area contributed by atoms with Crippen molar-refractivity contribution in [3.63, 3.8) is 0 Å². The highest BCUT2D eigenvalue weighted by atomic mass is 16.8. The van der Waals surface area contributed by atoms with E-state index in [-0.39, 0.29) is 5.48 Å². The molecule has 13 heavy (non-hydrogen) atoms. The Morgan fingerprint density at radius 1 is 1.08 bits per heavy atom. The first-order valence-electron chi connectivity index (χ1n) is 3.82. The maximum absolute atomic E-state index is 5.13. The van der Waals surface area contributed by atoms with E-state index in [1.54, 1.807) is 23.3 Å². The Labute approximate surface area is 79.4 Å². The van der Waals surface area contributed by atoms with Crippen LogP contribution in [0, 0.1) is 0 Å². The van der Waals surface area contributed by atoms with Crippen molar-refractivity contribution < 1.29 is 10.4 Å². The Hall–Kier alpha value is -0.940. The van der Waals surface area contributed by atoms with Gasteiger partial charge in [0.2, 0.25) is 0 Å². The monoisotopic (exact) mass is 186 g/mol. The van der Waals surface area contributed by atoms with Gasteiger partial charge in [0.25, 0.3) is 0 Å². The third kappa shape index (κ3) is 8.97. The number of rotatable bonds is 8. The lowest BCUT2D eigenvalue weighted by atomic mass is 10.5. The first kappa shape index (κ1) is 14.6. The molecule has 76 valence electrons. The minimum Gasteiger partial charge on any atom is -0.412 e. The van der Waals surface area contributed by atoms with Gasteiger partial charge in [-0.25, -0.2) is 4.94 Å². The largest absolute Gasteiger partial charge is 0.412 e. The molecule has 0 amide bonds. The van der Waals surface area contributed by atoms with Gasteiger partial charge in [0.15, 0.2) is 0 Å². The fraction of sp³-hybridized carbons (Fsp3) is 0.333. The maximum Gasteiger partial charge on any atom is 0.0441 e. The minimum atomic E-state index is 0. The summed E-state index contributed by atoms with van der Waals surface area (Å²) in [6, 6.07) is 0. The van der Waals surface area contributed by atoms with Gasteiger partial charge in [-0.3, -0.25) is 0 Å². The second-order valence-corrected chi connectivity index (χ2v) is 2.15. The van der Waals surface area contributed by atoms with E-state index in [1.165, 1.54) is 0 Å². The Kier molecular flexibility index (Phi) is 12.4. The van der Waals surface area contributed by atoms with Gasteiger partial charge < -0.3 is 5.48 Å². The molecule has 0 saturated heterocycles. The summed E-state index contributed by atoms with van der Waals surface area (Å²) >= 11 is 0. The molecule has 0 rings (SSSR count). The lowest BCUT2D eigenvalue weighted by molar-refractivity contribution is -0.194. The smallest absolute Gasteiger partial charge is 0.0441 e. The molecule has 0 fully saturated rings. The molecule has 0 aliphatic rings. The third-order valence-electron chi connectivity index (χ3n) is 1.09.